The molecule has 1 aromatic rings. The highest BCUT2D eigenvalue weighted by Gasteiger charge is 2.42. The van der Waals surface area contributed by atoms with Crippen LogP contribution in [0.1, 0.15) is 31.4 Å². The van der Waals surface area contributed by atoms with Gasteiger partial charge in [0, 0.05) is 12.1 Å². The van der Waals surface area contributed by atoms with Gasteiger partial charge in [0.25, 0.3) is 0 Å². The fourth-order valence-electron chi connectivity index (χ4n) is 2.39. The zero-order valence-corrected chi connectivity index (χ0v) is 10.2. The van der Waals surface area contributed by atoms with E-state index in [1.807, 2.05) is 0 Å². The highest BCUT2D eigenvalue weighted by Crippen LogP contribution is 2.45. The van der Waals surface area contributed by atoms with E-state index in [4.69, 9.17) is 5.73 Å². The minimum Gasteiger partial charge on any atom is -0.368 e. The first kappa shape index (κ1) is 12.5. The standard InChI is InChI=1S/C12H15F3N4/c13-12(14,15)8-5-9(19-11(16)17-8)18-10(6-1-2-6)7-3-4-7/h5-7,10H,1-4H2,(H3,16,17,18,19). The zero-order valence-electron chi connectivity index (χ0n) is 10.2. The number of rotatable bonds is 4. The van der Waals surface area contributed by atoms with E-state index in [0.29, 0.717) is 11.8 Å². The van der Waals surface area contributed by atoms with Crippen molar-refractivity contribution in [3.8, 4) is 0 Å². The second kappa shape index (κ2) is 4.25. The molecule has 0 saturated heterocycles. The molecule has 4 nitrogen and oxygen atoms in total. The number of hydrogen-bond acceptors (Lipinski definition) is 4. The summed E-state index contributed by atoms with van der Waals surface area (Å²) in [7, 11) is 0. The van der Waals surface area contributed by atoms with Gasteiger partial charge >= 0.3 is 6.18 Å². The van der Waals surface area contributed by atoms with E-state index in [9.17, 15) is 13.2 Å². The van der Waals surface area contributed by atoms with Crippen LogP contribution in [0.3, 0.4) is 0 Å². The van der Waals surface area contributed by atoms with Gasteiger partial charge in [-0.3, -0.25) is 0 Å². The molecular weight excluding hydrogens is 257 g/mol. The highest BCUT2D eigenvalue weighted by atomic mass is 19.4. The third-order valence-electron chi connectivity index (χ3n) is 3.61. The second-order valence-corrected chi connectivity index (χ2v) is 5.34. The van der Waals surface area contributed by atoms with Gasteiger partial charge in [-0.15, -0.1) is 0 Å². The lowest BCUT2D eigenvalue weighted by molar-refractivity contribution is -0.141. The first-order valence-corrected chi connectivity index (χ1v) is 6.42. The van der Waals surface area contributed by atoms with Gasteiger partial charge in [0.15, 0.2) is 5.69 Å². The van der Waals surface area contributed by atoms with E-state index >= 15 is 0 Å². The molecule has 0 spiro atoms. The SMILES string of the molecule is Nc1nc(NC(C2CC2)C2CC2)cc(C(F)(F)F)n1. The molecule has 104 valence electrons. The van der Waals surface area contributed by atoms with Crippen LogP contribution in [0.25, 0.3) is 0 Å². The van der Waals surface area contributed by atoms with Crippen molar-refractivity contribution in [3.63, 3.8) is 0 Å². The topological polar surface area (TPSA) is 63.8 Å². The molecule has 7 heteroatoms. The van der Waals surface area contributed by atoms with Gasteiger partial charge in [0.2, 0.25) is 5.95 Å². The monoisotopic (exact) mass is 272 g/mol. The summed E-state index contributed by atoms with van der Waals surface area (Å²) in [4.78, 5) is 7.10. The summed E-state index contributed by atoms with van der Waals surface area (Å²) in [5.41, 5.74) is 4.36. The maximum Gasteiger partial charge on any atom is 0.433 e. The molecule has 0 atom stereocenters. The van der Waals surface area contributed by atoms with E-state index in [0.717, 1.165) is 31.7 Å². The van der Waals surface area contributed by atoms with Crippen LogP contribution in [-0.2, 0) is 6.18 Å². The van der Waals surface area contributed by atoms with Crippen LogP contribution in [-0.4, -0.2) is 16.0 Å². The second-order valence-electron chi connectivity index (χ2n) is 5.34. The summed E-state index contributed by atoms with van der Waals surface area (Å²) in [6.45, 7) is 0. The van der Waals surface area contributed by atoms with Crippen LogP contribution in [0.15, 0.2) is 6.07 Å². The first-order valence-electron chi connectivity index (χ1n) is 6.42. The lowest BCUT2D eigenvalue weighted by Crippen LogP contribution is -2.25. The molecule has 0 aromatic carbocycles. The molecule has 1 aromatic heterocycles. The first-order chi connectivity index (χ1) is 8.93. The zero-order chi connectivity index (χ0) is 13.6. The smallest absolute Gasteiger partial charge is 0.368 e. The van der Waals surface area contributed by atoms with Crippen LogP contribution in [0.5, 0.6) is 0 Å². The Morgan fingerprint density at radius 1 is 1.16 bits per heavy atom. The van der Waals surface area contributed by atoms with Crippen molar-refractivity contribution in [2.24, 2.45) is 11.8 Å². The number of halogens is 3. The van der Waals surface area contributed by atoms with E-state index in [2.05, 4.69) is 15.3 Å². The molecular formula is C12H15F3N4. The number of alkyl halides is 3. The number of nitrogens with zero attached hydrogens (tertiary/aromatic N) is 2. The van der Waals surface area contributed by atoms with Gasteiger partial charge in [-0.2, -0.15) is 18.2 Å². The quantitative estimate of drug-likeness (QED) is 0.884. The fraction of sp³-hybridized carbons (Fsp3) is 0.667. The normalized spacial score (nSPS) is 19.8. The minimum absolute atomic E-state index is 0.184. The minimum atomic E-state index is -4.50. The molecule has 0 radical (unpaired) electrons. The molecule has 2 aliphatic rings. The Morgan fingerprint density at radius 3 is 2.21 bits per heavy atom. The number of hydrogen-bond donors (Lipinski definition) is 2. The van der Waals surface area contributed by atoms with Crippen LogP contribution < -0.4 is 11.1 Å². The summed E-state index contributed by atoms with van der Waals surface area (Å²) in [5, 5.41) is 3.13. The molecule has 0 unspecified atom stereocenters. The van der Waals surface area contributed by atoms with Crippen molar-refractivity contribution in [3.05, 3.63) is 11.8 Å². The van der Waals surface area contributed by atoms with Gasteiger partial charge in [-0.25, -0.2) is 4.98 Å². The molecule has 1 heterocycles. The summed E-state index contributed by atoms with van der Waals surface area (Å²) < 4.78 is 38.0. The largest absolute Gasteiger partial charge is 0.433 e. The Hall–Kier alpha value is -1.53. The molecule has 3 N–H and O–H groups in total. The molecule has 2 saturated carbocycles. The summed E-state index contributed by atoms with van der Waals surface area (Å²) in [5.74, 6) is 0.974. The Morgan fingerprint density at radius 2 is 1.74 bits per heavy atom. The van der Waals surface area contributed by atoms with Crippen LogP contribution in [0.4, 0.5) is 24.9 Å². The predicted molar refractivity (Wildman–Crippen MR) is 64.3 cm³/mol. The fourth-order valence-corrected chi connectivity index (χ4v) is 2.39. The van der Waals surface area contributed by atoms with E-state index in [1.165, 1.54) is 0 Å². The summed E-state index contributed by atoms with van der Waals surface area (Å²) in [6.07, 6.45) is 0.0611. The summed E-state index contributed by atoms with van der Waals surface area (Å²) >= 11 is 0. The van der Waals surface area contributed by atoms with E-state index in [1.54, 1.807) is 0 Å². The maximum absolute atomic E-state index is 12.7. The van der Waals surface area contributed by atoms with Gasteiger partial charge in [-0.1, -0.05) is 0 Å². The van der Waals surface area contributed by atoms with E-state index in [-0.39, 0.29) is 17.8 Å². The van der Waals surface area contributed by atoms with Gasteiger partial charge in [0.05, 0.1) is 0 Å². The van der Waals surface area contributed by atoms with Crippen LogP contribution in [0, 0.1) is 11.8 Å². The molecule has 0 bridgehead atoms. The van der Waals surface area contributed by atoms with Crippen molar-refractivity contribution >= 4 is 11.8 Å². The third-order valence-corrected chi connectivity index (χ3v) is 3.61. The molecule has 0 aliphatic heterocycles. The maximum atomic E-state index is 12.7. The number of nitrogen functional groups attached to an aromatic ring is 1. The Kier molecular flexibility index (Phi) is 2.79. The van der Waals surface area contributed by atoms with Gasteiger partial charge in [0.1, 0.15) is 5.82 Å². The van der Waals surface area contributed by atoms with Crippen LogP contribution >= 0.6 is 0 Å². The van der Waals surface area contributed by atoms with Crippen molar-refractivity contribution in [1.29, 1.82) is 0 Å². The Bertz CT molecular complexity index is 468. The lowest BCUT2D eigenvalue weighted by Gasteiger charge is -2.19. The summed E-state index contributed by atoms with van der Waals surface area (Å²) in [6, 6.07) is 1.17. The molecule has 19 heavy (non-hydrogen) atoms. The number of anilines is 2. The molecule has 2 aliphatic carbocycles. The van der Waals surface area contributed by atoms with Gasteiger partial charge < -0.3 is 11.1 Å². The van der Waals surface area contributed by atoms with Crippen molar-refractivity contribution < 1.29 is 13.2 Å². The molecule has 0 amide bonds. The predicted octanol–water partition coefficient (Wildman–Crippen LogP) is 2.68. The number of aromatic nitrogens is 2. The third kappa shape index (κ3) is 2.90. The van der Waals surface area contributed by atoms with Crippen molar-refractivity contribution in [2.45, 2.75) is 37.9 Å². The molecule has 2 fully saturated rings. The van der Waals surface area contributed by atoms with Crippen molar-refractivity contribution in [1.82, 2.24) is 9.97 Å². The average Bonchev–Trinajstić information content (AvgIpc) is 3.16. The van der Waals surface area contributed by atoms with Gasteiger partial charge in [-0.05, 0) is 37.5 Å². The van der Waals surface area contributed by atoms with Crippen molar-refractivity contribution in [2.75, 3.05) is 11.1 Å². The molecule has 3 rings (SSSR count). The Balaban J connectivity index is 1.81. The number of nitrogens with one attached hydrogen (secondary N) is 1. The Labute approximate surface area is 108 Å². The number of nitrogens with two attached hydrogens (primary N) is 1. The lowest BCUT2D eigenvalue weighted by atomic mass is 10.1. The average molecular weight is 272 g/mol. The highest BCUT2D eigenvalue weighted by molar-refractivity contribution is 5.43. The van der Waals surface area contributed by atoms with E-state index < -0.39 is 11.9 Å². The van der Waals surface area contributed by atoms with Crippen LogP contribution in [0.2, 0.25) is 0 Å².